The summed E-state index contributed by atoms with van der Waals surface area (Å²) in [7, 11) is 2.01. The summed E-state index contributed by atoms with van der Waals surface area (Å²) in [4.78, 5) is 31.8. The van der Waals surface area contributed by atoms with Gasteiger partial charge >= 0.3 is 0 Å². The second-order valence-corrected chi connectivity index (χ2v) is 9.08. The Balaban J connectivity index is 1.64. The Morgan fingerprint density at radius 2 is 1.93 bits per heavy atom. The lowest BCUT2D eigenvalue weighted by Crippen LogP contribution is -2.78. The SMILES string of the molecule is CC1=C(O)C2=C(C(=O)C1=O)C(CO)N1C(O)C3CC4C(C1C2N1CCOC41)N3C. The number of piperazine rings is 1. The second kappa shape index (κ2) is 5.75. The number of hydrogen-bond donors (Lipinski definition) is 3. The molecular weight excluding hydrogens is 378 g/mol. The van der Waals surface area contributed by atoms with Crippen molar-refractivity contribution in [3.8, 4) is 0 Å². The highest BCUT2D eigenvalue weighted by molar-refractivity contribution is 6.50. The van der Waals surface area contributed by atoms with Crippen LogP contribution in [-0.2, 0) is 14.3 Å². The van der Waals surface area contributed by atoms with Crippen LogP contribution in [0, 0.1) is 5.92 Å². The first-order valence-electron chi connectivity index (χ1n) is 10.3. The molecule has 4 saturated heterocycles. The van der Waals surface area contributed by atoms with Crippen molar-refractivity contribution in [2.45, 2.75) is 56.0 Å². The molecule has 6 aliphatic rings. The van der Waals surface area contributed by atoms with Crippen molar-refractivity contribution in [1.29, 1.82) is 0 Å². The zero-order valence-electron chi connectivity index (χ0n) is 16.4. The number of carbonyl (C=O) groups excluding carboxylic acids is 2. The van der Waals surface area contributed by atoms with Gasteiger partial charge in [-0.3, -0.25) is 24.3 Å². The van der Waals surface area contributed by atoms with E-state index >= 15 is 0 Å². The van der Waals surface area contributed by atoms with Crippen LogP contribution in [0.15, 0.2) is 22.5 Å². The normalized spacial score (nSPS) is 47.2. The summed E-state index contributed by atoms with van der Waals surface area (Å²) in [6.45, 7) is 2.29. The Morgan fingerprint density at radius 1 is 1.17 bits per heavy atom. The molecule has 29 heavy (non-hydrogen) atoms. The fraction of sp³-hybridized carbons (Fsp3) is 0.700. The van der Waals surface area contributed by atoms with Crippen LogP contribution in [0.3, 0.4) is 0 Å². The molecule has 2 bridgehead atoms. The van der Waals surface area contributed by atoms with Gasteiger partial charge in [0.1, 0.15) is 18.2 Å². The maximum atomic E-state index is 13.0. The smallest absolute Gasteiger partial charge is 0.232 e. The van der Waals surface area contributed by atoms with E-state index in [2.05, 4.69) is 9.80 Å². The summed E-state index contributed by atoms with van der Waals surface area (Å²) in [5.74, 6) is -1.39. The van der Waals surface area contributed by atoms with Gasteiger partial charge in [0.2, 0.25) is 11.6 Å². The minimum absolute atomic E-state index is 0.0479. The van der Waals surface area contributed by atoms with E-state index < -0.39 is 30.4 Å². The molecule has 6 rings (SSSR count). The van der Waals surface area contributed by atoms with Crippen LogP contribution in [0.4, 0.5) is 0 Å². The number of allylic oxidation sites excluding steroid dienone is 1. The topological polar surface area (TPSA) is 114 Å². The monoisotopic (exact) mass is 403 g/mol. The van der Waals surface area contributed by atoms with Gasteiger partial charge in [-0.2, -0.15) is 0 Å². The molecule has 0 amide bonds. The summed E-state index contributed by atoms with van der Waals surface area (Å²) < 4.78 is 6.09. The van der Waals surface area contributed by atoms with E-state index in [0.717, 1.165) is 6.42 Å². The van der Waals surface area contributed by atoms with Crippen molar-refractivity contribution >= 4 is 11.6 Å². The first-order valence-corrected chi connectivity index (χ1v) is 10.3. The van der Waals surface area contributed by atoms with Crippen molar-refractivity contribution in [2.24, 2.45) is 5.92 Å². The number of ketones is 2. The van der Waals surface area contributed by atoms with Crippen LogP contribution < -0.4 is 0 Å². The maximum Gasteiger partial charge on any atom is 0.232 e. The van der Waals surface area contributed by atoms with Gasteiger partial charge in [0.05, 0.1) is 25.3 Å². The summed E-state index contributed by atoms with van der Waals surface area (Å²) in [5.41, 5.74) is 0.618. The molecule has 0 spiro atoms. The van der Waals surface area contributed by atoms with Crippen molar-refractivity contribution in [1.82, 2.24) is 14.7 Å². The lowest BCUT2D eigenvalue weighted by molar-refractivity contribution is -0.186. The average Bonchev–Trinajstić information content (AvgIpc) is 3.30. The van der Waals surface area contributed by atoms with Gasteiger partial charge in [0.15, 0.2) is 0 Å². The molecule has 5 aliphatic heterocycles. The molecule has 1 aliphatic carbocycles. The minimum Gasteiger partial charge on any atom is -0.507 e. The summed E-state index contributed by atoms with van der Waals surface area (Å²) in [6.07, 6.45) is -0.266. The fourth-order valence-electron chi connectivity index (χ4n) is 7.03. The Bertz CT molecular complexity index is 899. The first-order chi connectivity index (χ1) is 13.9. The van der Waals surface area contributed by atoms with Crippen LogP contribution in [-0.4, -0.2) is 111 Å². The maximum absolute atomic E-state index is 13.0. The molecule has 0 aromatic rings. The van der Waals surface area contributed by atoms with Gasteiger partial charge < -0.3 is 20.1 Å². The second-order valence-electron chi connectivity index (χ2n) is 9.08. The number of carbonyl (C=O) groups is 2. The third kappa shape index (κ3) is 1.92. The fourth-order valence-corrected chi connectivity index (χ4v) is 7.03. The van der Waals surface area contributed by atoms with Gasteiger partial charge in [-0.15, -0.1) is 0 Å². The molecule has 5 heterocycles. The molecule has 9 heteroatoms. The Kier molecular flexibility index (Phi) is 3.60. The molecule has 0 aromatic carbocycles. The standard InChI is InChI=1S/C20H25N3O6/c1-7-16(25)12-11(18(27)17(7)26)10(6-24)23-15-13-8(5-9(19(23)28)21(13)2)20-22(14(12)15)3-4-29-20/h8-10,13-15,19-20,24-25,28H,3-6H2,1-2H3. The van der Waals surface area contributed by atoms with Crippen molar-refractivity contribution in [3.05, 3.63) is 22.5 Å². The lowest BCUT2D eigenvalue weighted by Gasteiger charge is -2.61. The average molecular weight is 403 g/mol. The van der Waals surface area contributed by atoms with Crippen molar-refractivity contribution in [2.75, 3.05) is 26.8 Å². The van der Waals surface area contributed by atoms with E-state index in [1.54, 1.807) is 0 Å². The Labute approximate surface area is 167 Å². The molecular formula is C20H25N3O6. The van der Waals surface area contributed by atoms with Crippen molar-refractivity contribution < 1.29 is 29.6 Å². The number of likely N-dealkylation sites (N-methyl/N-ethyl adjacent to an activating group) is 1. The molecule has 8 unspecified atom stereocenters. The Hall–Kier alpha value is -1.62. The van der Waals surface area contributed by atoms with Gasteiger partial charge in [-0.1, -0.05) is 0 Å². The number of rotatable bonds is 1. The number of ether oxygens (including phenoxy) is 1. The third-order valence-electron chi connectivity index (χ3n) is 8.16. The molecule has 9 nitrogen and oxygen atoms in total. The zero-order valence-corrected chi connectivity index (χ0v) is 16.4. The van der Waals surface area contributed by atoms with Gasteiger partial charge in [0, 0.05) is 47.3 Å². The number of piperidine rings is 1. The minimum atomic E-state index is -0.878. The number of nitrogens with zero attached hydrogens (tertiary/aromatic N) is 3. The number of aliphatic hydroxyl groups excluding tert-OH is 3. The quantitative estimate of drug-likeness (QED) is 0.351. The molecule has 0 radical (unpaired) electrons. The zero-order chi connectivity index (χ0) is 20.4. The number of fused-ring (bicyclic) bond motifs is 5. The van der Waals surface area contributed by atoms with Crippen LogP contribution >= 0.6 is 0 Å². The van der Waals surface area contributed by atoms with Crippen LogP contribution in [0.25, 0.3) is 0 Å². The van der Waals surface area contributed by atoms with E-state index in [1.165, 1.54) is 6.92 Å². The number of hydrogen-bond acceptors (Lipinski definition) is 9. The molecule has 3 N–H and O–H groups in total. The van der Waals surface area contributed by atoms with E-state index in [0.29, 0.717) is 18.7 Å². The molecule has 0 saturated carbocycles. The highest BCUT2D eigenvalue weighted by atomic mass is 16.5. The van der Waals surface area contributed by atoms with Gasteiger partial charge in [-0.05, 0) is 20.4 Å². The van der Waals surface area contributed by atoms with Crippen molar-refractivity contribution in [3.63, 3.8) is 0 Å². The van der Waals surface area contributed by atoms with E-state index in [4.69, 9.17) is 4.74 Å². The summed E-state index contributed by atoms with van der Waals surface area (Å²) in [5, 5.41) is 32.5. The molecule has 0 aromatic heterocycles. The largest absolute Gasteiger partial charge is 0.507 e. The number of Topliss-reactive ketones (excluding diaryl/α,β-unsaturated/α-hetero) is 2. The van der Waals surface area contributed by atoms with Crippen LogP contribution in [0.1, 0.15) is 13.3 Å². The predicted molar refractivity (Wildman–Crippen MR) is 98.6 cm³/mol. The summed E-state index contributed by atoms with van der Waals surface area (Å²) in [6, 6.07) is -1.49. The molecule has 4 fully saturated rings. The number of aliphatic hydroxyl groups is 3. The summed E-state index contributed by atoms with van der Waals surface area (Å²) >= 11 is 0. The van der Waals surface area contributed by atoms with Gasteiger partial charge in [0.25, 0.3) is 0 Å². The Morgan fingerprint density at radius 3 is 2.66 bits per heavy atom. The lowest BCUT2D eigenvalue weighted by atomic mass is 9.70. The van der Waals surface area contributed by atoms with Crippen LogP contribution in [0.5, 0.6) is 0 Å². The first kappa shape index (κ1) is 18.2. The highest BCUT2D eigenvalue weighted by Crippen LogP contribution is 2.54. The molecule has 156 valence electrons. The molecule has 8 atom stereocenters. The van der Waals surface area contributed by atoms with E-state index in [-0.39, 0.29) is 53.2 Å². The van der Waals surface area contributed by atoms with Crippen LogP contribution in [0.2, 0.25) is 0 Å². The third-order valence-corrected chi connectivity index (χ3v) is 8.16. The van der Waals surface area contributed by atoms with E-state index in [1.807, 2.05) is 11.9 Å². The van der Waals surface area contributed by atoms with E-state index in [9.17, 15) is 24.9 Å². The predicted octanol–water partition coefficient (Wildman–Crippen LogP) is -1.63. The van der Waals surface area contributed by atoms with Gasteiger partial charge in [-0.25, -0.2) is 0 Å². The highest BCUT2D eigenvalue weighted by Gasteiger charge is 2.68.